The smallest absolute Gasteiger partial charge is 0.266 e. The molecule has 5 rings (SSSR count). The summed E-state index contributed by atoms with van der Waals surface area (Å²) in [6.45, 7) is 4.38. The largest absolute Gasteiger partial charge is 0.467 e. The molecule has 0 unspecified atom stereocenters. The Morgan fingerprint density at radius 2 is 1.92 bits per heavy atom. The first kappa shape index (κ1) is 24.1. The second-order valence-electron chi connectivity index (χ2n) is 8.31. The van der Waals surface area contributed by atoms with Crippen LogP contribution in [0.2, 0.25) is 5.02 Å². The van der Waals surface area contributed by atoms with Gasteiger partial charge in [-0.3, -0.25) is 14.2 Å². The third-order valence-corrected chi connectivity index (χ3v) is 7.24. The van der Waals surface area contributed by atoms with Crippen molar-refractivity contribution in [2.45, 2.75) is 25.5 Å². The molecule has 3 aromatic heterocycles. The van der Waals surface area contributed by atoms with Crippen LogP contribution in [0.1, 0.15) is 27.5 Å². The molecule has 0 radical (unpaired) electrons. The first-order valence-electron chi connectivity index (χ1n) is 11.2. The Balaban J connectivity index is 1.49. The van der Waals surface area contributed by atoms with Gasteiger partial charge in [0.25, 0.3) is 5.56 Å². The molecular weight excluding hydrogens is 501 g/mol. The lowest BCUT2D eigenvalue weighted by Gasteiger charge is -2.13. The standard InChI is InChI=1S/C27H21ClFN3O3S/c1-16-12-21(17(2)31(16)14-19-6-5-11-35-19)25(33)15-36-27-30-24-8-4-3-7-20(24)26(34)32(27)18-9-10-23(29)22(28)13-18/h3-13H,14-15H2,1-2H3. The van der Waals surface area contributed by atoms with E-state index in [1.54, 1.807) is 30.5 Å². The van der Waals surface area contributed by atoms with Gasteiger partial charge < -0.3 is 8.98 Å². The van der Waals surface area contributed by atoms with Gasteiger partial charge in [0, 0.05) is 17.0 Å². The number of Topliss-reactive ketones (excluding diaryl/α,β-unsaturated/α-hetero) is 1. The first-order chi connectivity index (χ1) is 17.3. The third kappa shape index (κ3) is 4.50. The average molecular weight is 522 g/mol. The predicted molar refractivity (Wildman–Crippen MR) is 139 cm³/mol. The molecule has 0 bridgehead atoms. The molecule has 0 aliphatic carbocycles. The van der Waals surface area contributed by atoms with E-state index in [0.29, 0.717) is 33.9 Å². The van der Waals surface area contributed by atoms with Gasteiger partial charge in [0.15, 0.2) is 10.9 Å². The minimum absolute atomic E-state index is 0.0603. The Bertz CT molecular complexity index is 1660. The van der Waals surface area contributed by atoms with Crippen LogP contribution in [0.15, 0.2) is 81.3 Å². The van der Waals surface area contributed by atoms with Crippen molar-refractivity contribution in [2.24, 2.45) is 0 Å². The molecule has 36 heavy (non-hydrogen) atoms. The Morgan fingerprint density at radius 1 is 1.11 bits per heavy atom. The molecule has 182 valence electrons. The quantitative estimate of drug-likeness (QED) is 0.145. The maximum Gasteiger partial charge on any atom is 0.266 e. The molecular formula is C27H21ClFN3O3S. The van der Waals surface area contributed by atoms with Crippen molar-refractivity contribution in [1.29, 1.82) is 0 Å². The summed E-state index contributed by atoms with van der Waals surface area (Å²) in [4.78, 5) is 31.3. The highest BCUT2D eigenvalue weighted by Crippen LogP contribution is 2.26. The lowest BCUT2D eigenvalue weighted by molar-refractivity contribution is 0.102. The molecule has 3 heterocycles. The van der Waals surface area contributed by atoms with E-state index in [0.717, 1.165) is 28.9 Å². The topological polar surface area (TPSA) is 70.0 Å². The zero-order valence-electron chi connectivity index (χ0n) is 19.5. The van der Waals surface area contributed by atoms with Gasteiger partial charge in [0.1, 0.15) is 11.6 Å². The van der Waals surface area contributed by atoms with Crippen LogP contribution in [0.5, 0.6) is 0 Å². The summed E-state index contributed by atoms with van der Waals surface area (Å²) in [5.74, 6) is 0.180. The van der Waals surface area contributed by atoms with Crippen LogP contribution >= 0.6 is 23.4 Å². The number of benzene rings is 2. The summed E-state index contributed by atoms with van der Waals surface area (Å²) in [6, 6.07) is 16.6. The number of rotatable bonds is 7. The van der Waals surface area contributed by atoms with E-state index in [9.17, 15) is 14.0 Å². The Kier molecular flexibility index (Phi) is 6.55. The van der Waals surface area contributed by atoms with E-state index in [4.69, 9.17) is 16.0 Å². The molecule has 0 saturated heterocycles. The fourth-order valence-electron chi connectivity index (χ4n) is 4.15. The fraction of sp³-hybridized carbons (Fsp3) is 0.148. The van der Waals surface area contributed by atoms with Crippen molar-refractivity contribution in [3.63, 3.8) is 0 Å². The minimum Gasteiger partial charge on any atom is -0.467 e. The molecule has 0 N–H and O–H groups in total. The minimum atomic E-state index is -0.587. The van der Waals surface area contributed by atoms with Crippen molar-refractivity contribution in [1.82, 2.24) is 14.1 Å². The summed E-state index contributed by atoms with van der Waals surface area (Å²) in [5, 5.41) is 0.623. The zero-order valence-corrected chi connectivity index (χ0v) is 21.1. The highest BCUT2D eigenvalue weighted by atomic mass is 35.5. The second kappa shape index (κ2) is 9.79. The maximum atomic E-state index is 13.8. The monoisotopic (exact) mass is 521 g/mol. The lowest BCUT2D eigenvalue weighted by atomic mass is 10.2. The molecule has 9 heteroatoms. The van der Waals surface area contributed by atoms with Crippen LogP contribution < -0.4 is 5.56 Å². The van der Waals surface area contributed by atoms with Gasteiger partial charge in [-0.15, -0.1) is 0 Å². The van der Waals surface area contributed by atoms with Gasteiger partial charge in [-0.05, 0) is 62.4 Å². The van der Waals surface area contributed by atoms with Crippen LogP contribution in [0.3, 0.4) is 0 Å². The Hall–Kier alpha value is -3.62. The lowest BCUT2D eigenvalue weighted by Crippen LogP contribution is -2.22. The number of furan rings is 1. The number of nitrogens with zero attached hydrogens (tertiary/aromatic N) is 3. The summed E-state index contributed by atoms with van der Waals surface area (Å²) < 4.78 is 22.7. The number of carbonyl (C=O) groups excluding carboxylic acids is 1. The Labute approximate surface area is 215 Å². The van der Waals surface area contributed by atoms with Crippen molar-refractivity contribution in [3.8, 4) is 5.69 Å². The number of fused-ring (bicyclic) bond motifs is 1. The van der Waals surface area contributed by atoms with Crippen LogP contribution in [-0.4, -0.2) is 25.7 Å². The SMILES string of the molecule is Cc1cc(C(=O)CSc2nc3ccccc3c(=O)n2-c2ccc(F)c(Cl)c2)c(C)n1Cc1ccco1. The van der Waals surface area contributed by atoms with Gasteiger partial charge in [-0.25, -0.2) is 9.37 Å². The van der Waals surface area contributed by atoms with Crippen molar-refractivity contribution < 1.29 is 13.6 Å². The molecule has 5 aromatic rings. The van der Waals surface area contributed by atoms with Gasteiger partial charge in [0.2, 0.25) is 0 Å². The highest BCUT2D eigenvalue weighted by Gasteiger charge is 2.20. The first-order valence-corrected chi connectivity index (χ1v) is 12.5. The van der Waals surface area contributed by atoms with Gasteiger partial charge in [0.05, 0.1) is 40.2 Å². The van der Waals surface area contributed by atoms with Crippen LogP contribution in [0, 0.1) is 19.7 Å². The normalized spacial score (nSPS) is 11.3. The van der Waals surface area contributed by atoms with Crippen LogP contribution in [0.4, 0.5) is 4.39 Å². The van der Waals surface area contributed by atoms with Gasteiger partial charge in [-0.2, -0.15) is 0 Å². The van der Waals surface area contributed by atoms with E-state index >= 15 is 0 Å². The fourth-order valence-corrected chi connectivity index (χ4v) is 5.22. The average Bonchev–Trinajstić information content (AvgIpc) is 3.48. The number of thioether (sulfide) groups is 1. The second-order valence-corrected chi connectivity index (χ2v) is 9.66. The number of aryl methyl sites for hydroxylation is 1. The maximum absolute atomic E-state index is 13.8. The summed E-state index contributed by atoms with van der Waals surface area (Å²) >= 11 is 7.15. The molecule has 0 atom stereocenters. The number of halogens is 2. The van der Waals surface area contributed by atoms with E-state index < -0.39 is 5.82 Å². The molecule has 0 saturated carbocycles. The number of hydrogen-bond acceptors (Lipinski definition) is 5. The van der Waals surface area contributed by atoms with E-state index in [1.165, 1.54) is 22.8 Å². The molecule has 0 aliphatic heterocycles. The third-order valence-electron chi connectivity index (χ3n) is 6.01. The van der Waals surface area contributed by atoms with Crippen molar-refractivity contribution in [3.05, 3.63) is 111 Å². The molecule has 2 aromatic carbocycles. The van der Waals surface area contributed by atoms with Crippen LogP contribution in [-0.2, 0) is 6.54 Å². The summed E-state index contributed by atoms with van der Waals surface area (Å²) in [5.41, 5.74) is 2.94. The van der Waals surface area contributed by atoms with E-state index in [2.05, 4.69) is 4.98 Å². The predicted octanol–water partition coefficient (Wildman–Crippen LogP) is 6.21. The van der Waals surface area contributed by atoms with Crippen molar-refractivity contribution >= 4 is 40.0 Å². The molecule has 0 fully saturated rings. The molecule has 0 amide bonds. The van der Waals surface area contributed by atoms with Gasteiger partial charge >= 0.3 is 0 Å². The molecule has 0 aliphatic rings. The van der Waals surface area contributed by atoms with E-state index in [-0.39, 0.29) is 22.1 Å². The number of ketones is 1. The summed E-state index contributed by atoms with van der Waals surface area (Å²) in [7, 11) is 0. The number of para-hydroxylation sites is 1. The van der Waals surface area contributed by atoms with Crippen LogP contribution in [0.25, 0.3) is 16.6 Å². The number of carbonyl (C=O) groups is 1. The van der Waals surface area contributed by atoms with Crippen molar-refractivity contribution in [2.75, 3.05) is 5.75 Å². The summed E-state index contributed by atoms with van der Waals surface area (Å²) in [6.07, 6.45) is 1.62. The molecule has 6 nitrogen and oxygen atoms in total. The zero-order chi connectivity index (χ0) is 25.4. The number of hydrogen-bond donors (Lipinski definition) is 0. The van der Waals surface area contributed by atoms with E-state index in [1.807, 2.05) is 36.6 Å². The highest BCUT2D eigenvalue weighted by molar-refractivity contribution is 7.99. The number of aromatic nitrogens is 3. The Morgan fingerprint density at radius 3 is 2.67 bits per heavy atom. The molecule has 0 spiro atoms. The van der Waals surface area contributed by atoms with Gasteiger partial charge in [-0.1, -0.05) is 35.5 Å².